The van der Waals surface area contributed by atoms with Crippen molar-refractivity contribution in [2.45, 2.75) is 12.8 Å². The second-order valence-electron chi connectivity index (χ2n) is 6.63. The van der Waals surface area contributed by atoms with Crippen LogP contribution in [0.2, 0.25) is 0 Å². The first-order valence-electron chi connectivity index (χ1n) is 9.79. The van der Waals surface area contributed by atoms with Crippen LogP contribution in [-0.2, 0) is 20.7 Å². The SMILES string of the molecule is COc1cc(/C=C/C(=O)OCC(=O)NCCCc2ccccc2)cc2c1OCCO2. The van der Waals surface area contributed by atoms with Crippen LogP contribution in [0.15, 0.2) is 48.5 Å². The highest BCUT2D eigenvalue weighted by Crippen LogP contribution is 2.40. The average Bonchev–Trinajstić information content (AvgIpc) is 2.79. The number of ether oxygens (including phenoxy) is 4. The molecular formula is C23H25NO6. The van der Waals surface area contributed by atoms with Crippen LogP contribution in [0, 0.1) is 0 Å². The Morgan fingerprint density at radius 1 is 1.13 bits per heavy atom. The number of carbonyl (C=O) groups is 2. The zero-order chi connectivity index (χ0) is 21.2. The normalized spacial score (nSPS) is 12.4. The third-order valence-electron chi connectivity index (χ3n) is 4.41. The second-order valence-corrected chi connectivity index (χ2v) is 6.63. The van der Waals surface area contributed by atoms with Gasteiger partial charge in [0, 0.05) is 12.6 Å². The number of methoxy groups -OCH3 is 1. The van der Waals surface area contributed by atoms with Crippen molar-refractivity contribution < 1.29 is 28.5 Å². The quantitative estimate of drug-likeness (QED) is 0.388. The lowest BCUT2D eigenvalue weighted by molar-refractivity contribution is -0.143. The monoisotopic (exact) mass is 411 g/mol. The van der Waals surface area contributed by atoms with Gasteiger partial charge in [-0.2, -0.15) is 0 Å². The number of hydrogen-bond donors (Lipinski definition) is 1. The molecule has 0 saturated carbocycles. The van der Waals surface area contributed by atoms with E-state index in [1.807, 2.05) is 30.3 Å². The van der Waals surface area contributed by atoms with E-state index in [-0.39, 0.29) is 12.5 Å². The van der Waals surface area contributed by atoms with Gasteiger partial charge in [-0.1, -0.05) is 30.3 Å². The van der Waals surface area contributed by atoms with E-state index in [9.17, 15) is 9.59 Å². The highest BCUT2D eigenvalue weighted by Gasteiger charge is 2.17. The summed E-state index contributed by atoms with van der Waals surface area (Å²) in [6, 6.07) is 13.5. The molecule has 0 bridgehead atoms. The zero-order valence-electron chi connectivity index (χ0n) is 16.9. The van der Waals surface area contributed by atoms with Gasteiger partial charge in [0.05, 0.1) is 7.11 Å². The number of fused-ring (bicyclic) bond motifs is 1. The third-order valence-corrected chi connectivity index (χ3v) is 4.41. The van der Waals surface area contributed by atoms with Gasteiger partial charge >= 0.3 is 5.97 Å². The highest BCUT2D eigenvalue weighted by molar-refractivity contribution is 5.89. The van der Waals surface area contributed by atoms with E-state index < -0.39 is 5.97 Å². The summed E-state index contributed by atoms with van der Waals surface area (Å²) in [5.74, 6) is 0.695. The second kappa shape index (κ2) is 10.9. The van der Waals surface area contributed by atoms with Gasteiger partial charge in [-0.15, -0.1) is 0 Å². The third kappa shape index (κ3) is 6.27. The number of rotatable bonds is 9. The van der Waals surface area contributed by atoms with E-state index in [2.05, 4.69) is 5.32 Å². The minimum atomic E-state index is -0.608. The smallest absolute Gasteiger partial charge is 0.331 e. The fourth-order valence-electron chi connectivity index (χ4n) is 2.95. The molecule has 7 nitrogen and oxygen atoms in total. The Labute approximate surface area is 175 Å². The minimum absolute atomic E-state index is 0.320. The maximum absolute atomic E-state index is 11.9. The molecule has 7 heteroatoms. The van der Waals surface area contributed by atoms with E-state index in [4.69, 9.17) is 18.9 Å². The molecular weight excluding hydrogens is 386 g/mol. The van der Waals surface area contributed by atoms with Crippen molar-refractivity contribution in [2.24, 2.45) is 0 Å². The lowest BCUT2D eigenvalue weighted by Gasteiger charge is -2.20. The highest BCUT2D eigenvalue weighted by atomic mass is 16.6. The summed E-state index contributed by atoms with van der Waals surface area (Å²) in [6.07, 6.45) is 4.52. The Balaban J connectivity index is 1.41. The lowest BCUT2D eigenvalue weighted by Crippen LogP contribution is -2.29. The number of esters is 1. The van der Waals surface area contributed by atoms with Crippen LogP contribution >= 0.6 is 0 Å². The first-order valence-corrected chi connectivity index (χ1v) is 9.79. The van der Waals surface area contributed by atoms with E-state index in [0.29, 0.717) is 42.6 Å². The number of carbonyl (C=O) groups excluding carboxylic acids is 2. The molecule has 1 aliphatic heterocycles. The maximum atomic E-state index is 11.9. The molecule has 0 aliphatic carbocycles. The molecule has 0 radical (unpaired) electrons. The summed E-state index contributed by atoms with van der Waals surface area (Å²) in [7, 11) is 1.54. The number of benzene rings is 2. The van der Waals surface area contributed by atoms with Crippen LogP contribution in [0.4, 0.5) is 0 Å². The summed E-state index contributed by atoms with van der Waals surface area (Å²) in [5, 5.41) is 2.74. The number of amides is 1. The summed E-state index contributed by atoms with van der Waals surface area (Å²) >= 11 is 0. The zero-order valence-corrected chi connectivity index (χ0v) is 16.9. The van der Waals surface area contributed by atoms with Crippen molar-refractivity contribution in [2.75, 3.05) is 33.5 Å². The molecule has 2 aromatic rings. The largest absolute Gasteiger partial charge is 0.493 e. The van der Waals surface area contributed by atoms with Crippen LogP contribution in [-0.4, -0.2) is 45.4 Å². The fourth-order valence-corrected chi connectivity index (χ4v) is 2.95. The van der Waals surface area contributed by atoms with Gasteiger partial charge in [0.1, 0.15) is 13.2 Å². The lowest BCUT2D eigenvalue weighted by atomic mass is 10.1. The van der Waals surface area contributed by atoms with Gasteiger partial charge in [-0.05, 0) is 42.2 Å². The standard InChI is InChI=1S/C23H25NO6/c1-27-19-14-18(15-20-23(19)29-13-12-28-20)9-10-22(26)30-16-21(25)24-11-5-8-17-6-3-2-4-7-17/h2-4,6-7,9-10,14-15H,5,8,11-13,16H2,1H3,(H,24,25)/b10-9+. The first kappa shape index (κ1) is 21.2. The van der Waals surface area contributed by atoms with Gasteiger partial charge in [-0.3, -0.25) is 4.79 Å². The molecule has 0 aromatic heterocycles. The number of aryl methyl sites for hydroxylation is 1. The van der Waals surface area contributed by atoms with Crippen LogP contribution in [0.3, 0.4) is 0 Å². The molecule has 1 amide bonds. The van der Waals surface area contributed by atoms with Crippen molar-refractivity contribution in [3.05, 3.63) is 59.7 Å². The topological polar surface area (TPSA) is 83.1 Å². The minimum Gasteiger partial charge on any atom is -0.493 e. The Morgan fingerprint density at radius 2 is 1.93 bits per heavy atom. The van der Waals surface area contributed by atoms with Crippen molar-refractivity contribution in [1.29, 1.82) is 0 Å². The molecule has 0 atom stereocenters. The van der Waals surface area contributed by atoms with Gasteiger partial charge < -0.3 is 24.3 Å². The predicted molar refractivity (Wildman–Crippen MR) is 112 cm³/mol. The fraction of sp³-hybridized carbons (Fsp3) is 0.304. The van der Waals surface area contributed by atoms with Crippen LogP contribution in [0.25, 0.3) is 6.08 Å². The molecule has 1 N–H and O–H groups in total. The molecule has 3 rings (SSSR count). The van der Waals surface area contributed by atoms with Crippen molar-refractivity contribution >= 4 is 18.0 Å². The van der Waals surface area contributed by atoms with E-state index in [1.54, 1.807) is 18.2 Å². The average molecular weight is 411 g/mol. The summed E-state index contributed by atoms with van der Waals surface area (Å²) < 4.78 is 21.4. The van der Waals surface area contributed by atoms with Crippen LogP contribution < -0.4 is 19.5 Å². The van der Waals surface area contributed by atoms with Crippen molar-refractivity contribution in [1.82, 2.24) is 5.32 Å². The van der Waals surface area contributed by atoms with Crippen LogP contribution in [0.1, 0.15) is 17.5 Å². The van der Waals surface area contributed by atoms with Gasteiger partial charge in [0.25, 0.3) is 5.91 Å². The Hall–Kier alpha value is -3.48. The molecule has 1 aliphatic rings. The van der Waals surface area contributed by atoms with Gasteiger partial charge in [0.15, 0.2) is 18.1 Å². The van der Waals surface area contributed by atoms with E-state index >= 15 is 0 Å². The van der Waals surface area contributed by atoms with Crippen molar-refractivity contribution in [3.63, 3.8) is 0 Å². The molecule has 0 saturated heterocycles. The van der Waals surface area contributed by atoms with E-state index in [0.717, 1.165) is 12.8 Å². The Morgan fingerprint density at radius 3 is 2.73 bits per heavy atom. The molecule has 0 unspecified atom stereocenters. The van der Waals surface area contributed by atoms with Gasteiger partial charge in [-0.25, -0.2) is 4.79 Å². The number of nitrogens with one attached hydrogen (secondary N) is 1. The first-order chi connectivity index (χ1) is 14.7. The molecule has 0 fully saturated rings. The maximum Gasteiger partial charge on any atom is 0.331 e. The van der Waals surface area contributed by atoms with Crippen LogP contribution in [0.5, 0.6) is 17.2 Å². The van der Waals surface area contributed by atoms with E-state index in [1.165, 1.54) is 18.7 Å². The predicted octanol–water partition coefficient (Wildman–Crippen LogP) is 2.77. The van der Waals surface area contributed by atoms with Gasteiger partial charge in [0.2, 0.25) is 5.75 Å². The molecule has 2 aromatic carbocycles. The molecule has 158 valence electrons. The van der Waals surface area contributed by atoms with Crippen molar-refractivity contribution in [3.8, 4) is 17.2 Å². The Kier molecular flexibility index (Phi) is 7.71. The Bertz CT molecular complexity index is 877. The molecule has 1 heterocycles. The summed E-state index contributed by atoms with van der Waals surface area (Å²) in [5.41, 5.74) is 1.91. The number of hydrogen-bond acceptors (Lipinski definition) is 6. The summed E-state index contributed by atoms with van der Waals surface area (Å²) in [4.78, 5) is 23.7. The molecule has 0 spiro atoms. The summed E-state index contributed by atoms with van der Waals surface area (Å²) in [6.45, 7) is 1.11. The molecule has 30 heavy (non-hydrogen) atoms.